The van der Waals surface area contributed by atoms with E-state index in [2.05, 4.69) is 144 Å². The van der Waals surface area contributed by atoms with E-state index < -0.39 is 0 Å². The second-order valence-corrected chi connectivity index (χ2v) is 8.25. The Morgan fingerprint density at radius 3 is 1.61 bits per heavy atom. The standard InChI is InChI=1S/C32H23N/c1-3-11-24(12-4-1)25-19-21-28(22-20-25)33(27-14-5-2-6-15-27)32-23-26-13-7-8-16-29(26)30-17-9-10-18-31(30)32/h1-23H. The zero-order valence-electron chi connectivity index (χ0n) is 18.2. The second-order valence-electron chi connectivity index (χ2n) is 8.25. The number of rotatable bonds is 4. The van der Waals surface area contributed by atoms with Crippen LogP contribution in [-0.2, 0) is 0 Å². The van der Waals surface area contributed by atoms with E-state index in [4.69, 9.17) is 0 Å². The van der Waals surface area contributed by atoms with Gasteiger partial charge in [-0.25, -0.2) is 0 Å². The topological polar surface area (TPSA) is 3.24 Å². The van der Waals surface area contributed by atoms with Crippen molar-refractivity contribution < 1.29 is 0 Å². The summed E-state index contributed by atoms with van der Waals surface area (Å²) in [5.74, 6) is 0. The first kappa shape index (κ1) is 19.3. The van der Waals surface area contributed by atoms with Crippen LogP contribution in [0.25, 0.3) is 32.7 Å². The highest BCUT2D eigenvalue weighted by atomic mass is 15.1. The molecule has 1 nitrogen and oxygen atoms in total. The molecule has 0 aromatic heterocycles. The van der Waals surface area contributed by atoms with Crippen LogP contribution in [0, 0.1) is 0 Å². The summed E-state index contributed by atoms with van der Waals surface area (Å²) in [6, 6.07) is 49.7. The van der Waals surface area contributed by atoms with Crippen molar-refractivity contribution in [3.63, 3.8) is 0 Å². The molecule has 0 heterocycles. The molecular formula is C32H23N. The van der Waals surface area contributed by atoms with Crippen LogP contribution in [-0.4, -0.2) is 0 Å². The molecule has 0 saturated carbocycles. The lowest BCUT2D eigenvalue weighted by molar-refractivity contribution is 1.30. The van der Waals surface area contributed by atoms with Gasteiger partial charge in [-0.3, -0.25) is 0 Å². The fourth-order valence-corrected chi connectivity index (χ4v) is 4.66. The number of anilines is 3. The van der Waals surface area contributed by atoms with E-state index in [0.29, 0.717) is 0 Å². The smallest absolute Gasteiger partial charge is 0.0546 e. The highest BCUT2D eigenvalue weighted by molar-refractivity contribution is 6.14. The highest BCUT2D eigenvalue weighted by Crippen LogP contribution is 2.42. The quantitative estimate of drug-likeness (QED) is 0.256. The van der Waals surface area contributed by atoms with Gasteiger partial charge in [-0.2, -0.15) is 0 Å². The number of hydrogen-bond acceptors (Lipinski definition) is 1. The average Bonchev–Trinajstić information content (AvgIpc) is 2.90. The molecule has 6 aromatic carbocycles. The van der Waals surface area contributed by atoms with Gasteiger partial charge in [0.1, 0.15) is 0 Å². The monoisotopic (exact) mass is 421 g/mol. The molecule has 1 heteroatoms. The molecule has 0 fully saturated rings. The molecule has 6 rings (SSSR count). The summed E-state index contributed by atoms with van der Waals surface area (Å²) in [6.45, 7) is 0. The van der Waals surface area contributed by atoms with Crippen LogP contribution >= 0.6 is 0 Å². The number of para-hydroxylation sites is 1. The zero-order valence-corrected chi connectivity index (χ0v) is 18.2. The van der Waals surface area contributed by atoms with Crippen molar-refractivity contribution in [3.8, 4) is 11.1 Å². The number of fused-ring (bicyclic) bond motifs is 3. The van der Waals surface area contributed by atoms with E-state index in [-0.39, 0.29) is 0 Å². The van der Waals surface area contributed by atoms with Crippen molar-refractivity contribution in [3.05, 3.63) is 140 Å². The Morgan fingerprint density at radius 1 is 0.364 bits per heavy atom. The summed E-state index contributed by atoms with van der Waals surface area (Å²) < 4.78 is 0. The minimum atomic E-state index is 1.14. The number of hydrogen-bond donors (Lipinski definition) is 0. The molecular weight excluding hydrogens is 398 g/mol. The fraction of sp³-hybridized carbons (Fsp3) is 0. The van der Waals surface area contributed by atoms with Crippen LogP contribution in [0.15, 0.2) is 140 Å². The lowest BCUT2D eigenvalue weighted by Gasteiger charge is -2.27. The summed E-state index contributed by atoms with van der Waals surface area (Å²) in [6.07, 6.45) is 0. The Bertz CT molecular complexity index is 1530. The highest BCUT2D eigenvalue weighted by Gasteiger charge is 2.17. The van der Waals surface area contributed by atoms with Crippen LogP contribution in [0.4, 0.5) is 17.1 Å². The molecule has 0 aliphatic rings. The first-order chi connectivity index (χ1) is 16.4. The van der Waals surface area contributed by atoms with Crippen LogP contribution in [0.3, 0.4) is 0 Å². The largest absolute Gasteiger partial charge is 0.310 e. The molecule has 0 bridgehead atoms. The van der Waals surface area contributed by atoms with E-state index >= 15 is 0 Å². The van der Waals surface area contributed by atoms with Gasteiger partial charge in [0.25, 0.3) is 0 Å². The van der Waals surface area contributed by atoms with E-state index in [0.717, 1.165) is 11.4 Å². The number of benzene rings is 6. The Morgan fingerprint density at radius 2 is 0.879 bits per heavy atom. The van der Waals surface area contributed by atoms with Gasteiger partial charge in [-0.15, -0.1) is 0 Å². The van der Waals surface area contributed by atoms with Crippen molar-refractivity contribution >= 4 is 38.6 Å². The SMILES string of the molecule is c1ccc(-c2ccc(N(c3ccccc3)c3cc4ccccc4c4ccccc34)cc2)cc1. The molecule has 0 aliphatic heterocycles. The van der Waals surface area contributed by atoms with Crippen molar-refractivity contribution in [2.24, 2.45) is 0 Å². The maximum absolute atomic E-state index is 2.36. The summed E-state index contributed by atoms with van der Waals surface area (Å²) in [5.41, 5.74) is 5.91. The molecule has 0 amide bonds. The molecule has 33 heavy (non-hydrogen) atoms. The van der Waals surface area contributed by atoms with Crippen molar-refractivity contribution in [2.75, 3.05) is 4.90 Å². The van der Waals surface area contributed by atoms with Gasteiger partial charge < -0.3 is 4.90 Å². The molecule has 6 aromatic rings. The minimum Gasteiger partial charge on any atom is -0.310 e. The number of nitrogens with zero attached hydrogens (tertiary/aromatic N) is 1. The van der Waals surface area contributed by atoms with E-state index in [1.165, 1.54) is 38.4 Å². The molecule has 0 spiro atoms. The van der Waals surface area contributed by atoms with Crippen LogP contribution in [0.1, 0.15) is 0 Å². The normalized spacial score (nSPS) is 11.0. The molecule has 0 saturated heterocycles. The Balaban J connectivity index is 1.58. The van der Waals surface area contributed by atoms with Crippen LogP contribution in [0.5, 0.6) is 0 Å². The predicted molar refractivity (Wildman–Crippen MR) is 142 cm³/mol. The molecule has 0 aliphatic carbocycles. The summed E-state index contributed by atoms with van der Waals surface area (Å²) >= 11 is 0. The van der Waals surface area contributed by atoms with Crippen molar-refractivity contribution in [1.29, 1.82) is 0 Å². The Labute approximate surface area is 194 Å². The van der Waals surface area contributed by atoms with Gasteiger partial charge >= 0.3 is 0 Å². The van der Waals surface area contributed by atoms with Crippen LogP contribution in [0.2, 0.25) is 0 Å². The van der Waals surface area contributed by atoms with Gasteiger partial charge in [0.2, 0.25) is 0 Å². The van der Waals surface area contributed by atoms with E-state index in [9.17, 15) is 0 Å². The van der Waals surface area contributed by atoms with Gasteiger partial charge in [0.05, 0.1) is 5.69 Å². The van der Waals surface area contributed by atoms with Gasteiger partial charge in [0, 0.05) is 16.8 Å². The first-order valence-corrected chi connectivity index (χ1v) is 11.3. The Kier molecular flexibility index (Phi) is 4.86. The fourth-order valence-electron chi connectivity index (χ4n) is 4.66. The predicted octanol–water partition coefficient (Wildman–Crippen LogP) is 9.13. The summed E-state index contributed by atoms with van der Waals surface area (Å²) in [4.78, 5) is 2.36. The maximum Gasteiger partial charge on any atom is 0.0546 e. The van der Waals surface area contributed by atoms with Crippen molar-refractivity contribution in [2.45, 2.75) is 0 Å². The van der Waals surface area contributed by atoms with Crippen molar-refractivity contribution in [1.82, 2.24) is 0 Å². The van der Waals surface area contributed by atoms with Gasteiger partial charge in [-0.1, -0.05) is 109 Å². The third-order valence-electron chi connectivity index (χ3n) is 6.23. The van der Waals surface area contributed by atoms with Gasteiger partial charge in [-0.05, 0) is 57.6 Å². The minimum absolute atomic E-state index is 1.14. The van der Waals surface area contributed by atoms with E-state index in [1.54, 1.807) is 0 Å². The lowest BCUT2D eigenvalue weighted by Crippen LogP contribution is -2.10. The molecule has 0 unspecified atom stereocenters. The van der Waals surface area contributed by atoms with Gasteiger partial charge in [0.15, 0.2) is 0 Å². The molecule has 156 valence electrons. The van der Waals surface area contributed by atoms with E-state index in [1.807, 2.05) is 0 Å². The third kappa shape index (κ3) is 3.54. The third-order valence-corrected chi connectivity index (χ3v) is 6.23. The molecule has 0 atom stereocenters. The Hall–Kier alpha value is -4.36. The summed E-state index contributed by atoms with van der Waals surface area (Å²) in [5, 5.41) is 5.04. The first-order valence-electron chi connectivity index (χ1n) is 11.3. The van der Waals surface area contributed by atoms with Crippen LogP contribution < -0.4 is 4.90 Å². The average molecular weight is 422 g/mol. The second kappa shape index (κ2) is 8.29. The molecule has 0 radical (unpaired) electrons. The molecule has 0 N–H and O–H groups in total. The zero-order chi connectivity index (χ0) is 22.0. The lowest BCUT2D eigenvalue weighted by atomic mass is 9.98. The summed E-state index contributed by atoms with van der Waals surface area (Å²) in [7, 11) is 0. The maximum atomic E-state index is 2.36.